The molecule has 3 nitrogen and oxygen atoms in total. The van der Waals surface area contributed by atoms with Crippen LogP contribution >= 0.6 is 0 Å². The first-order valence-corrected chi connectivity index (χ1v) is 6.59. The molecule has 0 fully saturated rings. The molecule has 0 radical (unpaired) electrons. The number of halogens is 1. The number of sulfonamides is 1. The first-order chi connectivity index (χ1) is 7.33. The Balaban J connectivity index is 2.95. The molecule has 0 amide bonds. The van der Waals surface area contributed by atoms with E-state index in [-0.39, 0.29) is 16.9 Å². The maximum atomic E-state index is 12.9. The van der Waals surface area contributed by atoms with Crippen LogP contribution in [-0.4, -0.2) is 14.5 Å². The van der Waals surface area contributed by atoms with E-state index in [1.54, 1.807) is 6.92 Å². The van der Waals surface area contributed by atoms with Crippen LogP contribution in [0.5, 0.6) is 0 Å². The smallest absolute Gasteiger partial charge is 0.208 e. The van der Waals surface area contributed by atoms with Crippen LogP contribution in [0.25, 0.3) is 0 Å². The van der Waals surface area contributed by atoms with Gasteiger partial charge in [0.15, 0.2) is 0 Å². The molecular formula is C11H16FNO2S. The minimum Gasteiger partial charge on any atom is -0.208 e. The molecular weight excluding hydrogens is 229 g/mol. The number of hydrogen-bond acceptors (Lipinski definition) is 2. The summed E-state index contributed by atoms with van der Waals surface area (Å²) in [5.74, 6) is -0.372. The Morgan fingerprint density at radius 1 is 1.25 bits per heavy atom. The Labute approximate surface area is 95.7 Å². The van der Waals surface area contributed by atoms with Gasteiger partial charge in [0.25, 0.3) is 0 Å². The van der Waals surface area contributed by atoms with E-state index in [2.05, 4.69) is 4.72 Å². The summed E-state index contributed by atoms with van der Waals surface area (Å²) >= 11 is 0. The van der Waals surface area contributed by atoms with Crippen LogP contribution in [0.1, 0.15) is 20.8 Å². The number of nitrogens with one attached hydrogen (secondary N) is 1. The van der Waals surface area contributed by atoms with Crippen molar-refractivity contribution in [2.24, 2.45) is 5.92 Å². The molecule has 0 aliphatic rings. The van der Waals surface area contributed by atoms with Crippen molar-refractivity contribution in [2.45, 2.75) is 31.7 Å². The summed E-state index contributed by atoms with van der Waals surface area (Å²) in [6.45, 7) is 5.61. The predicted octanol–water partition coefficient (Wildman–Crippen LogP) is 2.15. The van der Waals surface area contributed by atoms with Crippen LogP contribution in [0.2, 0.25) is 0 Å². The van der Waals surface area contributed by atoms with Crippen LogP contribution in [0, 0.1) is 11.7 Å². The van der Waals surface area contributed by atoms with Gasteiger partial charge in [-0.25, -0.2) is 17.5 Å². The van der Waals surface area contributed by atoms with Crippen molar-refractivity contribution < 1.29 is 12.8 Å². The molecule has 1 aromatic carbocycles. The van der Waals surface area contributed by atoms with Crippen LogP contribution in [-0.2, 0) is 10.0 Å². The Kier molecular flexibility index (Phi) is 4.04. The topological polar surface area (TPSA) is 46.2 Å². The zero-order valence-electron chi connectivity index (χ0n) is 9.57. The van der Waals surface area contributed by atoms with Gasteiger partial charge in [0.1, 0.15) is 5.82 Å². The molecule has 0 saturated heterocycles. The normalized spacial score (nSPS) is 14.1. The molecule has 1 N–H and O–H groups in total. The highest BCUT2D eigenvalue weighted by atomic mass is 32.2. The fourth-order valence-electron chi connectivity index (χ4n) is 1.08. The van der Waals surface area contributed by atoms with Crippen molar-refractivity contribution in [2.75, 3.05) is 0 Å². The summed E-state index contributed by atoms with van der Waals surface area (Å²) in [4.78, 5) is -0.0417. The number of hydrogen-bond donors (Lipinski definition) is 1. The van der Waals surface area contributed by atoms with Gasteiger partial charge < -0.3 is 0 Å². The lowest BCUT2D eigenvalue weighted by molar-refractivity contribution is 0.476. The van der Waals surface area contributed by atoms with Gasteiger partial charge in [0.05, 0.1) is 4.90 Å². The Hall–Kier alpha value is -0.940. The fourth-order valence-corrected chi connectivity index (χ4v) is 2.51. The predicted molar refractivity (Wildman–Crippen MR) is 61.0 cm³/mol. The van der Waals surface area contributed by atoms with E-state index in [1.165, 1.54) is 18.2 Å². The first-order valence-electron chi connectivity index (χ1n) is 5.11. The number of rotatable bonds is 4. The van der Waals surface area contributed by atoms with Crippen molar-refractivity contribution in [3.8, 4) is 0 Å². The summed E-state index contributed by atoms with van der Waals surface area (Å²) in [5, 5.41) is 0. The Bertz CT molecular complexity index is 457. The van der Waals surface area contributed by atoms with E-state index in [1.807, 2.05) is 13.8 Å². The average Bonchev–Trinajstić information content (AvgIpc) is 2.17. The van der Waals surface area contributed by atoms with Gasteiger partial charge >= 0.3 is 0 Å². The summed E-state index contributed by atoms with van der Waals surface area (Å²) < 4.78 is 39.0. The third-order valence-corrected chi connectivity index (χ3v) is 4.00. The second-order valence-electron chi connectivity index (χ2n) is 4.11. The minimum absolute atomic E-state index is 0.0417. The van der Waals surface area contributed by atoms with Crippen molar-refractivity contribution >= 4 is 10.0 Å². The molecule has 0 aromatic heterocycles. The molecule has 0 saturated carbocycles. The Morgan fingerprint density at radius 2 is 1.88 bits per heavy atom. The highest BCUT2D eigenvalue weighted by molar-refractivity contribution is 7.89. The first kappa shape index (κ1) is 13.1. The van der Waals surface area contributed by atoms with E-state index in [0.717, 1.165) is 6.07 Å². The second-order valence-corrected chi connectivity index (χ2v) is 5.83. The fraction of sp³-hybridized carbons (Fsp3) is 0.455. The van der Waals surface area contributed by atoms with Gasteiger partial charge in [-0.3, -0.25) is 0 Å². The second kappa shape index (κ2) is 4.93. The summed E-state index contributed by atoms with van der Waals surface area (Å²) in [6.07, 6.45) is 0. The molecule has 0 spiro atoms. The van der Waals surface area contributed by atoms with E-state index < -0.39 is 15.8 Å². The third-order valence-electron chi connectivity index (χ3n) is 2.45. The monoisotopic (exact) mass is 245 g/mol. The molecule has 0 aliphatic heterocycles. The summed E-state index contributed by atoms with van der Waals surface area (Å²) in [5.41, 5.74) is 0. The zero-order chi connectivity index (χ0) is 12.3. The molecule has 1 atom stereocenters. The van der Waals surface area contributed by atoms with Crippen LogP contribution in [0.3, 0.4) is 0 Å². The summed E-state index contributed by atoms with van der Waals surface area (Å²) in [6, 6.07) is 4.79. The minimum atomic E-state index is -3.62. The highest BCUT2D eigenvalue weighted by Gasteiger charge is 2.19. The van der Waals surface area contributed by atoms with Crippen molar-refractivity contribution in [3.63, 3.8) is 0 Å². The van der Waals surface area contributed by atoms with Crippen LogP contribution < -0.4 is 4.72 Å². The van der Waals surface area contributed by atoms with Gasteiger partial charge in [0.2, 0.25) is 10.0 Å². The van der Waals surface area contributed by atoms with E-state index in [9.17, 15) is 12.8 Å². The van der Waals surface area contributed by atoms with Gasteiger partial charge in [-0.1, -0.05) is 19.9 Å². The van der Waals surface area contributed by atoms with Crippen molar-refractivity contribution in [1.29, 1.82) is 0 Å². The quantitative estimate of drug-likeness (QED) is 0.883. The van der Waals surface area contributed by atoms with Crippen LogP contribution in [0.15, 0.2) is 29.2 Å². The van der Waals surface area contributed by atoms with Crippen LogP contribution in [0.4, 0.5) is 4.39 Å². The van der Waals surface area contributed by atoms with Crippen molar-refractivity contribution in [1.82, 2.24) is 4.72 Å². The third kappa shape index (κ3) is 3.28. The highest BCUT2D eigenvalue weighted by Crippen LogP contribution is 2.12. The zero-order valence-corrected chi connectivity index (χ0v) is 10.4. The summed E-state index contributed by atoms with van der Waals surface area (Å²) in [7, 11) is -3.62. The lowest BCUT2D eigenvalue weighted by Crippen LogP contribution is -2.36. The van der Waals surface area contributed by atoms with E-state index >= 15 is 0 Å². The molecule has 0 aliphatic carbocycles. The molecule has 0 bridgehead atoms. The lowest BCUT2D eigenvalue weighted by atomic mass is 10.1. The molecule has 16 heavy (non-hydrogen) atoms. The largest absolute Gasteiger partial charge is 0.240 e. The maximum absolute atomic E-state index is 12.9. The molecule has 5 heteroatoms. The molecule has 90 valence electrons. The number of benzene rings is 1. The Morgan fingerprint density at radius 3 is 2.38 bits per heavy atom. The van der Waals surface area contributed by atoms with Gasteiger partial charge in [-0.05, 0) is 31.0 Å². The van der Waals surface area contributed by atoms with E-state index in [4.69, 9.17) is 0 Å². The van der Waals surface area contributed by atoms with Crippen molar-refractivity contribution in [3.05, 3.63) is 30.1 Å². The van der Waals surface area contributed by atoms with Gasteiger partial charge in [-0.15, -0.1) is 0 Å². The standard InChI is InChI=1S/C11H16FNO2S/c1-8(2)9(3)13-16(14,15)11-6-4-5-10(12)7-11/h4-9,13H,1-3H3. The molecule has 1 rings (SSSR count). The van der Waals surface area contributed by atoms with Gasteiger partial charge in [-0.2, -0.15) is 0 Å². The van der Waals surface area contributed by atoms with E-state index in [0.29, 0.717) is 0 Å². The maximum Gasteiger partial charge on any atom is 0.240 e. The molecule has 0 heterocycles. The average molecular weight is 245 g/mol. The molecule has 1 unspecified atom stereocenters. The SMILES string of the molecule is CC(C)C(C)NS(=O)(=O)c1cccc(F)c1. The molecule has 1 aromatic rings. The van der Waals surface area contributed by atoms with Gasteiger partial charge in [0, 0.05) is 6.04 Å². The lowest BCUT2D eigenvalue weighted by Gasteiger charge is -2.17.